The van der Waals surface area contributed by atoms with Gasteiger partial charge in [-0.3, -0.25) is 14.2 Å². The topological polar surface area (TPSA) is 145 Å². The van der Waals surface area contributed by atoms with Gasteiger partial charge >= 0.3 is 0 Å². The molecule has 1 fully saturated rings. The van der Waals surface area contributed by atoms with Crippen LogP contribution in [0.25, 0.3) is 5.69 Å². The van der Waals surface area contributed by atoms with Crippen LogP contribution in [0.3, 0.4) is 0 Å². The number of anilines is 1. The number of hydrogen-bond donors (Lipinski definition) is 2. The van der Waals surface area contributed by atoms with E-state index >= 15 is 0 Å². The van der Waals surface area contributed by atoms with E-state index in [1.165, 1.54) is 40.3 Å². The molecule has 2 heterocycles. The standard InChI is InChI=1S/C30H32N6O6S2/c1-41-23-13-11-22(12-14-23)32-28(37)20-43-30-34-33-27(36(30)25-7-3-4-8-26(25)42-2)19-31-29(38)21-9-15-24(16-10-21)44(39,40)35-17-5-6-18-35/h3-4,7-16H,5-6,17-20H2,1-2H3,(H,31,38)(H,32,37). The first kappa shape index (κ1) is 31.0. The first-order chi connectivity index (χ1) is 21.3. The Morgan fingerprint density at radius 2 is 1.61 bits per heavy atom. The largest absolute Gasteiger partial charge is 0.497 e. The lowest BCUT2D eigenvalue weighted by molar-refractivity contribution is -0.113. The fourth-order valence-corrected chi connectivity index (χ4v) is 6.96. The first-order valence-electron chi connectivity index (χ1n) is 13.8. The molecule has 0 spiro atoms. The van der Waals surface area contributed by atoms with Crippen LogP contribution in [-0.4, -0.2) is 72.4 Å². The number of carbonyl (C=O) groups is 2. The monoisotopic (exact) mass is 636 g/mol. The SMILES string of the molecule is COc1ccc(NC(=O)CSc2nnc(CNC(=O)c3ccc(S(=O)(=O)N4CCCC4)cc3)n2-c2ccccc2OC)cc1. The van der Waals surface area contributed by atoms with Gasteiger partial charge in [-0.25, -0.2) is 8.42 Å². The zero-order chi connectivity index (χ0) is 31.1. The van der Waals surface area contributed by atoms with Gasteiger partial charge in [-0.2, -0.15) is 4.31 Å². The van der Waals surface area contributed by atoms with E-state index in [-0.39, 0.29) is 23.1 Å². The number of benzene rings is 3. The fraction of sp³-hybridized carbons (Fsp3) is 0.267. The molecular formula is C30H32N6O6S2. The molecule has 0 bridgehead atoms. The smallest absolute Gasteiger partial charge is 0.251 e. The highest BCUT2D eigenvalue weighted by Gasteiger charge is 2.27. The lowest BCUT2D eigenvalue weighted by Gasteiger charge is -2.15. The Morgan fingerprint density at radius 3 is 2.30 bits per heavy atom. The molecule has 0 atom stereocenters. The number of methoxy groups -OCH3 is 2. The zero-order valence-corrected chi connectivity index (χ0v) is 25.9. The second kappa shape index (κ2) is 13.9. The van der Waals surface area contributed by atoms with Crippen LogP contribution < -0.4 is 20.1 Å². The van der Waals surface area contributed by atoms with E-state index in [9.17, 15) is 18.0 Å². The lowest BCUT2D eigenvalue weighted by Crippen LogP contribution is -2.28. The second-order valence-electron chi connectivity index (χ2n) is 9.79. The van der Waals surface area contributed by atoms with Crippen LogP contribution in [0.5, 0.6) is 11.5 Å². The van der Waals surface area contributed by atoms with Crippen molar-refractivity contribution in [2.75, 3.05) is 38.4 Å². The summed E-state index contributed by atoms with van der Waals surface area (Å²) in [5, 5.41) is 14.7. The van der Waals surface area contributed by atoms with Gasteiger partial charge in [0.25, 0.3) is 5.91 Å². The Bertz CT molecular complexity index is 1720. The van der Waals surface area contributed by atoms with Gasteiger partial charge in [0, 0.05) is 24.3 Å². The number of sulfonamides is 1. The summed E-state index contributed by atoms with van der Waals surface area (Å²) in [6, 6.07) is 20.2. The van der Waals surface area contributed by atoms with Gasteiger partial charge in [0.15, 0.2) is 11.0 Å². The van der Waals surface area contributed by atoms with Gasteiger partial charge in [0.05, 0.1) is 37.1 Å². The van der Waals surface area contributed by atoms with Gasteiger partial charge in [-0.1, -0.05) is 23.9 Å². The number of hydrogen-bond acceptors (Lipinski definition) is 9. The number of ether oxygens (including phenoxy) is 2. The van der Waals surface area contributed by atoms with Crippen molar-refractivity contribution in [3.8, 4) is 17.2 Å². The van der Waals surface area contributed by atoms with E-state index in [2.05, 4.69) is 20.8 Å². The summed E-state index contributed by atoms with van der Waals surface area (Å²) in [5.74, 6) is 1.06. The van der Waals surface area contributed by atoms with Gasteiger partial charge in [-0.05, 0) is 73.5 Å². The minimum absolute atomic E-state index is 0.0102. The van der Waals surface area contributed by atoms with E-state index in [4.69, 9.17) is 9.47 Å². The summed E-state index contributed by atoms with van der Waals surface area (Å²) in [7, 11) is -0.455. The van der Waals surface area contributed by atoms with Crippen molar-refractivity contribution in [2.24, 2.45) is 0 Å². The normalized spacial score (nSPS) is 13.4. The zero-order valence-electron chi connectivity index (χ0n) is 24.2. The van der Waals surface area contributed by atoms with Crippen molar-refractivity contribution in [2.45, 2.75) is 29.4 Å². The first-order valence-corrected chi connectivity index (χ1v) is 16.3. The number of para-hydroxylation sites is 2. The average Bonchev–Trinajstić information content (AvgIpc) is 3.74. The molecule has 4 aromatic rings. The Balaban J connectivity index is 1.29. The van der Waals surface area contributed by atoms with E-state index in [1.807, 2.05) is 18.2 Å². The highest BCUT2D eigenvalue weighted by molar-refractivity contribution is 7.99. The predicted molar refractivity (Wildman–Crippen MR) is 166 cm³/mol. The summed E-state index contributed by atoms with van der Waals surface area (Å²) in [6.45, 7) is 1.02. The van der Waals surface area contributed by atoms with Crippen LogP contribution in [0.1, 0.15) is 29.0 Å². The Hall–Kier alpha value is -4.40. The molecule has 2 amide bonds. The summed E-state index contributed by atoms with van der Waals surface area (Å²) in [4.78, 5) is 25.9. The summed E-state index contributed by atoms with van der Waals surface area (Å²) in [6.07, 6.45) is 1.69. The van der Waals surface area contributed by atoms with E-state index in [0.717, 1.165) is 12.8 Å². The quantitative estimate of drug-likeness (QED) is 0.222. The number of thioether (sulfide) groups is 1. The molecule has 0 saturated carbocycles. The van der Waals surface area contributed by atoms with E-state index in [1.54, 1.807) is 49.1 Å². The molecule has 1 aliphatic rings. The number of rotatable bonds is 12. The minimum atomic E-state index is -3.58. The highest BCUT2D eigenvalue weighted by Crippen LogP contribution is 2.29. The maximum absolute atomic E-state index is 13.0. The third-order valence-corrected chi connectivity index (χ3v) is 9.80. The van der Waals surface area contributed by atoms with Crippen LogP contribution in [0.15, 0.2) is 82.8 Å². The van der Waals surface area contributed by atoms with Crippen LogP contribution in [0.4, 0.5) is 5.69 Å². The van der Waals surface area contributed by atoms with Gasteiger partial charge in [0.2, 0.25) is 15.9 Å². The van der Waals surface area contributed by atoms with Crippen LogP contribution in [-0.2, 0) is 21.4 Å². The molecule has 14 heteroatoms. The van der Waals surface area contributed by atoms with Gasteiger partial charge < -0.3 is 20.1 Å². The minimum Gasteiger partial charge on any atom is -0.497 e. The highest BCUT2D eigenvalue weighted by atomic mass is 32.2. The van der Waals surface area contributed by atoms with Gasteiger partial charge in [-0.15, -0.1) is 10.2 Å². The fourth-order valence-electron chi connectivity index (χ4n) is 4.68. The predicted octanol–water partition coefficient (Wildman–Crippen LogP) is 3.73. The van der Waals surface area contributed by atoms with Crippen LogP contribution >= 0.6 is 11.8 Å². The molecular weight excluding hydrogens is 605 g/mol. The van der Waals surface area contributed by atoms with Crippen LogP contribution in [0.2, 0.25) is 0 Å². The number of amides is 2. The lowest BCUT2D eigenvalue weighted by atomic mass is 10.2. The molecule has 44 heavy (non-hydrogen) atoms. The molecule has 3 aromatic carbocycles. The Labute approximate surface area is 259 Å². The van der Waals surface area contributed by atoms with Crippen molar-refractivity contribution in [1.82, 2.24) is 24.4 Å². The molecule has 0 radical (unpaired) electrons. The number of nitrogens with zero attached hydrogens (tertiary/aromatic N) is 4. The van der Waals surface area contributed by atoms with Crippen LogP contribution in [0, 0.1) is 0 Å². The molecule has 0 aliphatic carbocycles. The Kier molecular flexibility index (Phi) is 9.82. The van der Waals surface area contributed by atoms with Crippen molar-refractivity contribution >= 4 is 39.3 Å². The maximum Gasteiger partial charge on any atom is 0.251 e. The van der Waals surface area contributed by atoms with Crippen molar-refractivity contribution < 1.29 is 27.5 Å². The van der Waals surface area contributed by atoms with E-state index in [0.29, 0.717) is 52.5 Å². The molecule has 0 unspecified atom stereocenters. The summed E-state index contributed by atoms with van der Waals surface area (Å²) >= 11 is 1.19. The Morgan fingerprint density at radius 1 is 0.909 bits per heavy atom. The summed E-state index contributed by atoms with van der Waals surface area (Å²) < 4.78 is 39.6. The third-order valence-electron chi connectivity index (χ3n) is 6.96. The summed E-state index contributed by atoms with van der Waals surface area (Å²) in [5.41, 5.74) is 1.57. The molecule has 1 saturated heterocycles. The van der Waals surface area contributed by atoms with Gasteiger partial charge in [0.1, 0.15) is 11.5 Å². The van der Waals surface area contributed by atoms with Crippen molar-refractivity contribution in [3.63, 3.8) is 0 Å². The average molecular weight is 637 g/mol. The second-order valence-corrected chi connectivity index (χ2v) is 12.7. The number of carbonyl (C=O) groups excluding carboxylic acids is 2. The molecule has 1 aliphatic heterocycles. The number of nitrogens with one attached hydrogen (secondary N) is 2. The van der Waals surface area contributed by atoms with E-state index < -0.39 is 15.9 Å². The van der Waals surface area contributed by atoms with Crippen molar-refractivity contribution in [1.29, 1.82) is 0 Å². The molecule has 5 rings (SSSR count). The molecule has 1 aromatic heterocycles. The third kappa shape index (κ3) is 7.04. The molecule has 230 valence electrons. The molecule has 2 N–H and O–H groups in total. The number of aromatic nitrogens is 3. The maximum atomic E-state index is 13.0. The van der Waals surface area contributed by atoms with Crippen molar-refractivity contribution in [3.05, 3.63) is 84.2 Å². The molecule has 12 nitrogen and oxygen atoms in total.